The molecule has 0 aliphatic carbocycles. The zero-order valence-corrected chi connectivity index (χ0v) is 18.7. The molecule has 0 bridgehead atoms. The van der Waals surface area contributed by atoms with Crippen molar-refractivity contribution in [2.45, 2.75) is 32.9 Å². The van der Waals surface area contributed by atoms with Crippen LogP contribution in [0.4, 0.5) is 10.2 Å². The molecule has 2 N–H and O–H groups in total. The summed E-state index contributed by atoms with van der Waals surface area (Å²) in [5, 5.41) is 6.67. The maximum Gasteiger partial charge on any atom is 0.242 e. The summed E-state index contributed by atoms with van der Waals surface area (Å²) in [5.41, 5.74) is 1.58. The summed E-state index contributed by atoms with van der Waals surface area (Å²) in [4.78, 5) is 21.2. The summed E-state index contributed by atoms with van der Waals surface area (Å²) in [6.07, 6.45) is 0.573. The van der Waals surface area contributed by atoms with Crippen LogP contribution in [0.2, 0.25) is 10.3 Å². The van der Waals surface area contributed by atoms with Crippen molar-refractivity contribution in [2.24, 2.45) is 5.92 Å². The summed E-state index contributed by atoms with van der Waals surface area (Å²) in [6, 6.07) is 14.6. The molecule has 0 fully saturated rings. The molecule has 0 radical (unpaired) electrons. The van der Waals surface area contributed by atoms with Crippen LogP contribution in [0.15, 0.2) is 54.6 Å². The Morgan fingerprint density at radius 3 is 2.45 bits per heavy atom. The Morgan fingerprint density at radius 1 is 1.06 bits per heavy atom. The van der Waals surface area contributed by atoms with E-state index in [-0.39, 0.29) is 17.1 Å². The fourth-order valence-corrected chi connectivity index (χ4v) is 3.40. The molecule has 1 heterocycles. The first kappa shape index (κ1) is 23.0. The number of anilines is 1. The Balaban J connectivity index is 1.77. The van der Waals surface area contributed by atoms with Gasteiger partial charge in [-0.1, -0.05) is 49.7 Å². The summed E-state index contributed by atoms with van der Waals surface area (Å²) in [5.74, 6) is 0.0150. The highest BCUT2D eigenvalue weighted by atomic mass is 35.5. The standard InChI is InChI=1S/C23H23Cl2FN4O/c1-14(2)11-20(22(31)27-13-15-7-9-16(24)10-8-15)28-21-12-19(29-23(25)30-21)17-5-3-4-6-18(17)26/h3-10,12,14,20H,11,13H2,1-2H3,(H,27,31)(H,28,29,30)/t20-/m1/s1. The molecule has 3 rings (SSSR count). The van der Waals surface area contributed by atoms with Crippen molar-refractivity contribution in [3.63, 3.8) is 0 Å². The van der Waals surface area contributed by atoms with Gasteiger partial charge in [-0.2, -0.15) is 0 Å². The van der Waals surface area contributed by atoms with Crippen LogP contribution in [0.25, 0.3) is 11.3 Å². The van der Waals surface area contributed by atoms with Crippen molar-refractivity contribution >= 4 is 34.9 Å². The zero-order valence-electron chi connectivity index (χ0n) is 17.2. The number of benzene rings is 2. The number of hydrogen-bond donors (Lipinski definition) is 2. The second-order valence-corrected chi connectivity index (χ2v) is 8.33. The lowest BCUT2D eigenvalue weighted by atomic mass is 10.0. The van der Waals surface area contributed by atoms with Crippen LogP contribution in [-0.4, -0.2) is 21.9 Å². The Bertz CT molecular complexity index is 1040. The number of aromatic nitrogens is 2. The van der Waals surface area contributed by atoms with Gasteiger partial charge in [-0.05, 0) is 53.8 Å². The third-order valence-electron chi connectivity index (χ3n) is 4.57. The molecular weight excluding hydrogens is 438 g/mol. The van der Waals surface area contributed by atoms with Crippen LogP contribution in [0.5, 0.6) is 0 Å². The second kappa shape index (κ2) is 10.6. The van der Waals surface area contributed by atoms with Crippen molar-refractivity contribution in [3.8, 4) is 11.3 Å². The maximum atomic E-state index is 14.2. The van der Waals surface area contributed by atoms with E-state index in [0.717, 1.165) is 5.56 Å². The third-order valence-corrected chi connectivity index (χ3v) is 5.00. The van der Waals surface area contributed by atoms with E-state index in [2.05, 4.69) is 20.6 Å². The van der Waals surface area contributed by atoms with E-state index in [9.17, 15) is 9.18 Å². The van der Waals surface area contributed by atoms with Gasteiger partial charge in [0.1, 0.15) is 17.7 Å². The molecule has 162 valence electrons. The molecule has 2 aromatic carbocycles. The Morgan fingerprint density at radius 2 is 1.77 bits per heavy atom. The highest BCUT2D eigenvalue weighted by molar-refractivity contribution is 6.30. The van der Waals surface area contributed by atoms with Crippen LogP contribution < -0.4 is 10.6 Å². The number of rotatable bonds is 8. The predicted octanol–water partition coefficient (Wildman–Crippen LogP) is 5.73. The smallest absolute Gasteiger partial charge is 0.242 e. The summed E-state index contributed by atoms with van der Waals surface area (Å²) >= 11 is 12.0. The van der Waals surface area contributed by atoms with Gasteiger partial charge in [0.05, 0.1) is 5.69 Å². The molecule has 0 unspecified atom stereocenters. The van der Waals surface area contributed by atoms with Gasteiger partial charge in [-0.3, -0.25) is 4.79 Å². The normalized spacial score (nSPS) is 11.9. The Hall–Kier alpha value is -2.70. The minimum atomic E-state index is -0.549. The summed E-state index contributed by atoms with van der Waals surface area (Å²) in [7, 11) is 0. The molecule has 31 heavy (non-hydrogen) atoms. The molecule has 1 aromatic heterocycles. The van der Waals surface area contributed by atoms with Gasteiger partial charge >= 0.3 is 0 Å². The molecular formula is C23H23Cl2FN4O. The lowest BCUT2D eigenvalue weighted by Crippen LogP contribution is -2.40. The van der Waals surface area contributed by atoms with Gasteiger partial charge in [0.2, 0.25) is 11.2 Å². The SMILES string of the molecule is CC(C)C[C@@H](Nc1cc(-c2ccccc2F)nc(Cl)n1)C(=O)NCc1ccc(Cl)cc1. The first-order valence-corrected chi connectivity index (χ1v) is 10.7. The van der Waals surface area contributed by atoms with Crippen molar-refractivity contribution in [1.82, 2.24) is 15.3 Å². The average Bonchev–Trinajstić information content (AvgIpc) is 2.72. The van der Waals surface area contributed by atoms with E-state index in [4.69, 9.17) is 23.2 Å². The van der Waals surface area contributed by atoms with E-state index < -0.39 is 11.9 Å². The molecule has 8 heteroatoms. The second-order valence-electron chi connectivity index (χ2n) is 7.56. The maximum absolute atomic E-state index is 14.2. The van der Waals surface area contributed by atoms with Crippen molar-refractivity contribution in [3.05, 3.63) is 76.3 Å². The van der Waals surface area contributed by atoms with Crippen molar-refractivity contribution < 1.29 is 9.18 Å². The monoisotopic (exact) mass is 460 g/mol. The van der Waals surface area contributed by atoms with E-state index >= 15 is 0 Å². The van der Waals surface area contributed by atoms with Crippen LogP contribution >= 0.6 is 23.2 Å². The zero-order chi connectivity index (χ0) is 22.4. The third kappa shape index (κ3) is 6.64. The number of carbonyl (C=O) groups excluding carboxylic acids is 1. The minimum absolute atomic E-state index is 0.0341. The van der Waals surface area contributed by atoms with Gasteiger partial charge in [0.15, 0.2) is 0 Å². The number of hydrogen-bond acceptors (Lipinski definition) is 4. The van der Waals surface area contributed by atoms with Crippen LogP contribution in [-0.2, 0) is 11.3 Å². The molecule has 5 nitrogen and oxygen atoms in total. The average molecular weight is 461 g/mol. The summed E-state index contributed by atoms with van der Waals surface area (Å²) < 4.78 is 14.2. The first-order chi connectivity index (χ1) is 14.8. The fraction of sp³-hybridized carbons (Fsp3) is 0.261. The lowest BCUT2D eigenvalue weighted by Gasteiger charge is -2.21. The number of carbonyl (C=O) groups is 1. The number of halogens is 3. The highest BCUT2D eigenvalue weighted by Crippen LogP contribution is 2.25. The molecule has 0 aliphatic rings. The highest BCUT2D eigenvalue weighted by Gasteiger charge is 2.21. The minimum Gasteiger partial charge on any atom is -0.358 e. The van der Waals surface area contributed by atoms with Crippen LogP contribution in [0.3, 0.4) is 0 Å². The van der Waals surface area contributed by atoms with E-state index in [1.54, 1.807) is 36.4 Å². The molecule has 0 aliphatic heterocycles. The molecule has 1 atom stereocenters. The molecule has 0 saturated heterocycles. The molecule has 0 spiro atoms. The van der Waals surface area contributed by atoms with E-state index in [1.165, 1.54) is 6.07 Å². The first-order valence-electron chi connectivity index (χ1n) is 9.90. The van der Waals surface area contributed by atoms with Crippen LogP contribution in [0, 0.1) is 11.7 Å². The largest absolute Gasteiger partial charge is 0.358 e. The topological polar surface area (TPSA) is 66.9 Å². The lowest BCUT2D eigenvalue weighted by molar-refractivity contribution is -0.122. The molecule has 3 aromatic rings. The fourth-order valence-electron chi connectivity index (χ4n) is 3.09. The van der Waals surface area contributed by atoms with E-state index in [1.807, 2.05) is 26.0 Å². The summed E-state index contributed by atoms with van der Waals surface area (Å²) in [6.45, 7) is 4.43. The number of nitrogens with one attached hydrogen (secondary N) is 2. The number of amides is 1. The van der Waals surface area contributed by atoms with Crippen molar-refractivity contribution in [1.29, 1.82) is 0 Å². The molecule has 1 amide bonds. The predicted molar refractivity (Wildman–Crippen MR) is 123 cm³/mol. The number of nitrogens with zero attached hydrogens (tertiary/aromatic N) is 2. The Kier molecular flexibility index (Phi) is 7.82. The van der Waals surface area contributed by atoms with Crippen molar-refractivity contribution in [2.75, 3.05) is 5.32 Å². The van der Waals surface area contributed by atoms with Gasteiger partial charge in [-0.25, -0.2) is 14.4 Å². The van der Waals surface area contributed by atoms with Gasteiger partial charge in [0, 0.05) is 23.2 Å². The van der Waals surface area contributed by atoms with Gasteiger partial charge in [0.25, 0.3) is 0 Å². The quantitative estimate of drug-likeness (QED) is 0.421. The van der Waals surface area contributed by atoms with Crippen LogP contribution in [0.1, 0.15) is 25.8 Å². The van der Waals surface area contributed by atoms with Gasteiger partial charge < -0.3 is 10.6 Å². The Labute approximate surface area is 191 Å². The van der Waals surface area contributed by atoms with Gasteiger partial charge in [-0.15, -0.1) is 0 Å². The molecule has 0 saturated carbocycles. The van der Waals surface area contributed by atoms with E-state index in [0.29, 0.717) is 35.1 Å².